The van der Waals surface area contributed by atoms with E-state index in [1.54, 1.807) is 43.3 Å². The minimum Gasteiger partial charge on any atom is -0.461 e. The van der Waals surface area contributed by atoms with Crippen molar-refractivity contribution in [2.24, 2.45) is 5.10 Å². The molecule has 2 aromatic carbocycles. The first-order valence-electron chi connectivity index (χ1n) is 6.53. The number of para-hydroxylation sites is 1. The molecule has 0 radical (unpaired) electrons. The number of hydrogen-bond acceptors (Lipinski definition) is 4. The normalized spacial score (nSPS) is 11.0. The van der Waals surface area contributed by atoms with Crippen LogP contribution in [0.4, 0.5) is 10.1 Å². The van der Waals surface area contributed by atoms with E-state index in [1.165, 1.54) is 12.1 Å². The number of ether oxygens (including phenoxy) is 1. The van der Waals surface area contributed by atoms with Gasteiger partial charge in [0.2, 0.25) is 0 Å². The molecule has 5 heteroatoms. The van der Waals surface area contributed by atoms with E-state index in [1.807, 2.05) is 6.07 Å². The van der Waals surface area contributed by atoms with E-state index in [2.05, 4.69) is 10.5 Å². The van der Waals surface area contributed by atoms with E-state index in [9.17, 15) is 9.18 Å². The molecule has 0 spiro atoms. The van der Waals surface area contributed by atoms with Crippen molar-refractivity contribution in [3.8, 4) is 0 Å². The summed E-state index contributed by atoms with van der Waals surface area (Å²) in [6.45, 7) is 1.95. The SMILES string of the molecule is CCOC(=O)/C(=N\Nc1ccccc1F)c1ccccc1. The van der Waals surface area contributed by atoms with E-state index >= 15 is 0 Å². The van der Waals surface area contributed by atoms with Crippen molar-refractivity contribution in [2.75, 3.05) is 12.0 Å². The number of carbonyl (C=O) groups excluding carboxylic acids is 1. The maximum absolute atomic E-state index is 13.5. The first-order chi connectivity index (χ1) is 10.2. The number of anilines is 1. The summed E-state index contributed by atoms with van der Waals surface area (Å²) in [5.74, 6) is -1.01. The number of hydrogen-bond donors (Lipinski definition) is 1. The number of esters is 1. The van der Waals surface area contributed by atoms with Gasteiger partial charge in [0.25, 0.3) is 0 Å². The lowest BCUT2D eigenvalue weighted by atomic mass is 10.1. The highest BCUT2D eigenvalue weighted by Crippen LogP contribution is 2.13. The Morgan fingerprint density at radius 1 is 1.14 bits per heavy atom. The highest BCUT2D eigenvalue weighted by Gasteiger charge is 2.15. The van der Waals surface area contributed by atoms with E-state index in [0.717, 1.165) is 0 Å². The maximum Gasteiger partial charge on any atom is 0.359 e. The predicted octanol–water partition coefficient (Wildman–Crippen LogP) is 3.21. The quantitative estimate of drug-likeness (QED) is 0.521. The molecule has 0 unspecified atom stereocenters. The molecule has 0 amide bonds. The van der Waals surface area contributed by atoms with Crippen LogP contribution in [0, 0.1) is 5.82 Å². The Morgan fingerprint density at radius 3 is 2.48 bits per heavy atom. The van der Waals surface area contributed by atoms with Crippen molar-refractivity contribution < 1.29 is 13.9 Å². The van der Waals surface area contributed by atoms with Crippen molar-refractivity contribution >= 4 is 17.4 Å². The lowest BCUT2D eigenvalue weighted by molar-refractivity contribution is -0.134. The fourth-order valence-corrected chi connectivity index (χ4v) is 1.69. The van der Waals surface area contributed by atoms with E-state index in [-0.39, 0.29) is 18.0 Å². The van der Waals surface area contributed by atoms with Crippen LogP contribution in [0.25, 0.3) is 0 Å². The molecule has 2 rings (SSSR count). The van der Waals surface area contributed by atoms with Gasteiger partial charge in [-0.3, -0.25) is 5.43 Å². The average molecular weight is 286 g/mol. The zero-order valence-electron chi connectivity index (χ0n) is 11.5. The number of halogens is 1. The zero-order chi connectivity index (χ0) is 15.1. The van der Waals surface area contributed by atoms with Crippen molar-refractivity contribution in [1.29, 1.82) is 0 Å². The van der Waals surface area contributed by atoms with Crippen LogP contribution in [0.15, 0.2) is 59.7 Å². The number of nitrogens with zero attached hydrogens (tertiary/aromatic N) is 1. The highest BCUT2D eigenvalue weighted by atomic mass is 19.1. The molecule has 0 saturated heterocycles. The Bertz CT molecular complexity index is 642. The molecule has 0 aromatic heterocycles. The van der Waals surface area contributed by atoms with Gasteiger partial charge in [-0.15, -0.1) is 0 Å². The van der Waals surface area contributed by atoms with Crippen LogP contribution in [-0.4, -0.2) is 18.3 Å². The third-order valence-electron chi connectivity index (χ3n) is 2.68. The van der Waals surface area contributed by atoms with Gasteiger partial charge >= 0.3 is 5.97 Å². The molecule has 0 heterocycles. The summed E-state index contributed by atoms with van der Waals surface area (Å²) in [4.78, 5) is 12.0. The molecule has 21 heavy (non-hydrogen) atoms. The van der Waals surface area contributed by atoms with Gasteiger partial charge in [0, 0.05) is 5.56 Å². The molecule has 108 valence electrons. The first-order valence-corrected chi connectivity index (χ1v) is 6.53. The second-order valence-corrected chi connectivity index (χ2v) is 4.14. The molecule has 0 aliphatic heterocycles. The molecule has 4 nitrogen and oxygen atoms in total. The third kappa shape index (κ3) is 3.89. The molecule has 1 N–H and O–H groups in total. The lowest BCUT2D eigenvalue weighted by Crippen LogP contribution is -2.20. The monoisotopic (exact) mass is 286 g/mol. The third-order valence-corrected chi connectivity index (χ3v) is 2.68. The smallest absolute Gasteiger partial charge is 0.359 e. The minimum absolute atomic E-state index is 0.0979. The Balaban J connectivity index is 2.29. The molecule has 0 fully saturated rings. The second kappa shape index (κ2) is 7.19. The Labute approximate surface area is 122 Å². The molecular formula is C16H15FN2O2. The van der Waals surface area contributed by atoms with Crippen LogP contribution >= 0.6 is 0 Å². The van der Waals surface area contributed by atoms with Crippen molar-refractivity contribution in [2.45, 2.75) is 6.92 Å². The summed E-state index contributed by atoms with van der Waals surface area (Å²) < 4.78 is 18.5. The van der Waals surface area contributed by atoms with E-state index in [4.69, 9.17) is 4.74 Å². The second-order valence-electron chi connectivity index (χ2n) is 4.14. The van der Waals surface area contributed by atoms with Gasteiger partial charge < -0.3 is 4.74 Å². The molecule has 0 aliphatic carbocycles. The van der Waals surface area contributed by atoms with Crippen LogP contribution < -0.4 is 5.43 Å². The molecule has 0 bridgehead atoms. The Hall–Kier alpha value is -2.69. The van der Waals surface area contributed by atoms with Crippen LogP contribution in [0.2, 0.25) is 0 Å². The first kappa shape index (κ1) is 14.7. The van der Waals surface area contributed by atoms with Crippen molar-refractivity contribution in [3.63, 3.8) is 0 Å². The molecule has 2 aromatic rings. The number of hydrazone groups is 1. The molecular weight excluding hydrogens is 271 g/mol. The van der Waals surface area contributed by atoms with Gasteiger partial charge in [-0.25, -0.2) is 9.18 Å². The topological polar surface area (TPSA) is 50.7 Å². The molecule has 0 saturated carbocycles. The Morgan fingerprint density at radius 2 is 1.81 bits per heavy atom. The summed E-state index contributed by atoms with van der Waals surface area (Å²) in [5, 5.41) is 4.00. The van der Waals surface area contributed by atoms with Crippen LogP contribution in [0.5, 0.6) is 0 Å². The summed E-state index contributed by atoms with van der Waals surface area (Å²) in [5.41, 5.74) is 3.45. The zero-order valence-corrected chi connectivity index (χ0v) is 11.5. The summed E-state index contributed by atoms with van der Waals surface area (Å²) >= 11 is 0. The molecule has 0 atom stereocenters. The number of benzene rings is 2. The van der Waals surface area contributed by atoms with Crippen LogP contribution in [-0.2, 0) is 9.53 Å². The molecule has 0 aliphatic rings. The van der Waals surface area contributed by atoms with E-state index < -0.39 is 11.8 Å². The standard InChI is InChI=1S/C16H15FN2O2/c1-2-21-16(20)15(12-8-4-3-5-9-12)19-18-14-11-7-6-10-13(14)17/h3-11,18H,2H2,1H3/b19-15-. The van der Waals surface area contributed by atoms with Crippen LogP contribution in [0.3, 0.4) is 0 Å². The van der Waals surface area contributed by atoms with Gasteiger partial charge in [0.15, 0.2) is 5.71 Å². The number of rotatable bonds is 5. The fraction of sp³-hybridized carbons (Fsp3) is 0.125. The van der Waals surface area contributed by atoms with Gasteiger partial charge in [0.1, 0.15) is 5.82 Å². The fourth-order valence-electron chi connectivity index (χ4n) is 1.69. The highest BCUT2D eigenvalue weighted by molar-refractivity contribution is 6.43. The lowest BCUT2D eigenvalue weighted by Gasteiger charge is -2.07. The number of carbonyl (C=O) groups is 1. The van der Waals surface area contributed by atoms with Gasteiger partial charge in [0.05, 0.1) is 12.3 Å². The van der Waals surface area contributed by atoms with Gasteiger partial charge in [-0.2, -0.15) is 5.10 Å². The Kier molecular flexibility index (Phi) is 5.04. The van der Waals surface area contributed by atoms with Crippen molar-refractivity contribution in [1.82, 2.24) is 0 Å². The summed E-state index contributed by atoms with van der Waals surface area (Å²) in [6.07, 6.45) is 0. The predicted molar refractivity (Wildman–Crippen MR) is 79.6 cm³/mol. The van der Waals surface area contributed by atoms with Crippen LogP contribution in [0.1, 0.15) is 12.5 Å². The maximum atomic E-state index is 13.5. The summed E-state index contributed by atoms with van der Waals surface area (Å²) in [7, 11) is 0. The minimum atomic E-state index is -0.562. The van der Waals surface area contributed by atoms with Gasteiger partial charge in [-0.1, -0.05) is 42.5 Å². The van der Waals surface area contributed by atoms with Crippen molar-refractivity contribution in [3.05, 3.63) is 66.0 Å². The number of nitrogens with one attached hydrogen (secondary N) is 1. The summed E-state index contributed by atoms with van der Waals surface area (Å²) in [6, 6.07) is 15.0. The van der Waals surface area contributed by atoms with E-state index in [0.29, 0.717) is 5.56 Å². The average Bonchev–Trinajstić information content (AvgIpc) is 2.50. The largest absolute Gasteiger partial charge is 0.461 e. The van der Waals surface area contributed by atoms with Gasteiger partial charge in [-0.05, 0) is 19.1 Å².